The van der Waals surface area contributed by atoms with Crippen LogP contribution in [0.1, 0.15) is 12.8 Å². The number of ether oxygens (including phenoxy) is 1. The Morgan fingerprint density at radius 3 is 2.86 bits per heavy atom. The van der Waals surface area contributed by atoms with Crippen molar-refractivity contribution in [2.75, 3.05) is 53.5 Å². The van der Waals surface area contributed by atoms with Crippen LogP contribution in [0.15, 0.2) is 0 Å². The Kier molecular flexibility index (Phi) is 7.53. The van der Waals surface area contributed by atoms with Crippen molar-refractivity contribution in [2.45, 2.75) is 12.8 Å². The van der Waals surface area contributed by atoms with Gasteiger partial charge in [0.25, 0.3) is 10.2 Å². The van der Waals surface area contributed by atoms with Gasteiger partial charge in [0.2, 0.25) is 5.91 Å². The highest BCUT2D eigenvalue weighted by Gasteiger charge is 2.34. The number of hydrogen-bond donors (Lipinski definition) is 2. The Labute approximate surface area is 126 Å². The topological polar surface area (TPSA) is 105 Å². The van der Waals surface area contributed by atoms with E-state index in [1.807, 2.05) is 0 Å². The summed E-state index contributed by atoms with van der Waals surface area (Å²) >= 11 is 0. The minimum atomic E-state index is -3.54. The summed E-state index contributed by atoms with van der Waals surface area (Å²) in [6, 6.07) is 0. The SMILES string of the molecule is COCCN(C)S(=O)(=O)N1CCCC(C(=O)NCCN)C1. The van der Waals surface area contributed by atoms with Gasteiger partial charge in [-0.15, -0.1) is 0 Å². The summed E-state index contributed by atoms with van der Waals surface area (Å²) in [6.07, 6.45) is 1.38. The molecule has 1 saturated heterocycles. The minimum Gasteiger partial charge on any atom is -0.383 e. The molecule has 1 unspecified atom stereocenters. The molecule has 0 spiro atoms. The van der Waals surface area contributed by atoms with Gasteiger partial charge in [-0.25, -0.2) is 0 Å². The van der Waals surface area contributed by atoms with E-state index in [1.54, 1.807) is 0 Å². The van der Waals surface area contributed by atoms with E-state index in [0.29, 0.717) is 45.6 Å². The van der Waals surface area contributed by atoms with Crippen LogP contribution in [-0.4, -0.2) is 76.4 Å². The second kappa shape index (κ2) is 8.64. The van der Waals surface area contributed by atoms with Crippen LogP contribution in [0.2, 0.25) is 0 Å². The minimum absolute atomic E-state index is 0.125. The lowest BCUT2D eigenvalue weighted by Gasteiger charge is -2.33. The predicted molar refractivity (Wildman–Crippen MR) is 79.8 cm³/mol. The van der Waals surface area contributed by atoms with E-state index < -0.39 is 10.2 Å². The molecular formula is C12H26N4O4S. The molecule has 0 aliphatic carbocycles. The van der Waals surface area contributed by atoms with Gasteiger partial charge < -0.3 is 15.8 Å². The first-order chi connectivity index (χ1) is 9.93. The summed E-state index contributed by atoms with van der Waals surface area (Å²) in [4.78, 5) is 11.9. The van der Waals surface area contributed by atoms with Gasteiger partial charge in [-0.2, -0.15) is 17.0 Å². The van der Waals surface area contributed by atoms with Gasteiger partial charge >= 0.3 is 0 Å². The van der Waals surface area contributed by atoms with Crippen molar-refractivity contribution >= 4 is 16.1 Å². The van der Waals surface area contributed by atoms with Gasteiger partial charge in [0.15, 0.2) is 0 Å². The van der Waals surface area contributed by atoms with Crippen molar-refractivity contribution < 1.29 is 17.9 Å². The fourth-order valence-corrected chi connectivity index (χ4v) is 3.67. The number of likely N-dealkylation sites (N-methyl/N-ethyl adjacent to an activating group) is 1. The highest BCUT2D eigenvalue weighted by molar-refractivity contribution is 7.86. The van der Waals surface area contributed by atoms with Gasteiger partial charge in [-0.05, 0) is 12.8 Å². The number of rotatable bonds is 8. The van der Waals surface area contributed by atoms with Crippen molar-refractivity contribution in [3.63, 3.8) is 0 Å². The normalized spacial score (nSPS) is 20.7. The van der Waals surface area contributed by atoms with Crippen LogP contribution in [0.25, 0.3) is 0 Å². The molecule has 124 valence electrons. The van der Waals surface area contributed by atoms with Crippen LogP contribution < -0.4 is 11.1 Å². The molecule has 1 rings (SSSR count). The van der Waals surface area contributed by atoms with Crippen molar-refractivity contribution in [2.24, 2.45) is 11.7 Å². The summed E-state index contributed by atoms with van der Waals surface area (Å²) in [5.74, 6) is -0.434. The lowest BCUT2D eigenvalue weighted by Crippen LogP contribution is -2.50. The summed E-state index contributed by atoms with van der Waals surface area (Å²) in [5.41, 5.74) is 5.35. The van der Waals surface area contributed by atoms with Crippen LogP contribution >= 0.6 is 0 Å². The predicted octanol–water partition coefficient (Wildman–Crippen LogP) is -1.40. The number of nitrogens with two attached hydrogens (primary N) is 1. The van der Waals surface area contributed by atoms with Crippen LogP contribution in [0.3, 0.4) is 0 Å². The molecule has 1 atom stereocenters. The zero-order chi connectivity index (χ0) is 15.9. The first-order valence-corrected chi connectivity index (χ1v) is 8.51. The molecule has 1 fully saturated rings. The molecule has 1 aliphatic heterocycles. The average molecular weight is 322 g/mol. The number of amides is 1. The zero-order valence-corrected chi connectivity index (χ0v) is 13.6. The van der Waals surface area contributed by atoms with E-state index in [9.17, 15) is 13.2 Å². The van der Waals surface area contributed by atoms with Gasteiger partial charge in [0, 0.05) is 46.9 Å². The number of nitrogens with one attached hydrogen (secondary N) is 1. The molecule has 0 aromatic carbocycles. The second-order valence-corrected chi connectivity index (χ2v) is 7.13. The molecule has 0 aromatic rings. The molecule has 1 aliphatic rings. The van der Waals surface area contributed by atoms with Crippen LogP contribution in [0.5, 0.6) is 0 Å². The highest BCUT2D eigenvalue weighted by atomic mass is 32.2. The summed E-state index contributed by atoms with van der Waals surface area (Å²) < 4.78 is 32.4. The molecule has 8 nitrogen and oxygen atoms in total. The van der Waals surface area contributed by atoms with Crippen molar-refractivity contribution in [3.8, 4) is 0 Å². The summed E-state index contributed by atoms with van der Waals surface area (Å²) in [7, 11) is -0.492. The Morgan fingerprint density at radius 1 is 1.52 bits per heavy atom. The maximum absolute atomic E-state index is 12.4. The molecule has 0 saturated carbocycles. The van der Waals surface area contributed by atoms with Crippen molar-refractivity contribution in [1.82, 2.24) is 13.9 Å². The lowest BCUT2D eigenvalue weighted by atomic mass is 9.99. The maximum atomic E-state index is 12.4. The summed E-state index contributed by atoms with van der Waals surface area (Å²) in [5, 5.41) is 2.72. The third kappa shape index (κ3) is 5.19. The van der Waals surface area contributed by atoms with Gasteiger partial charge in [-0.3, -0.25) is 4.79 Å². The fourth-order valence-electron chi connectivity index (χ4n) is 2.24. The monoisotopic (exact) mass is 322 g/mol. The third-order valence-corrected chi connectivity index (χ3v) is 5.48. The number of methoxy groups -OCH3 is 1. The van der Waals surface area contributed by atoms with Crippen LogP contribution in [0.4, 0.5) is 0 Å². The fraction of sp³-hybridized carbons (Fsp3) is 0.917. The number of carbonyl (C=O) groups is 1. The molecule has 9 heteroatoms. The Balaban J connectivity index is 2.64. The number of carbonyl (C=O) groups excluding carboxylic acids is 1. The molecule has 21 heavy (non-hydrogen) atoms. The Hall–Kier alpha value is -0.740. The number of nitrogens with zero attached hydrogens (tertiary/aromatic N) is 2. The molecule has 0 bridgehead atoms. The standard InChI is InChI=1S/C12H26N4O4S/c1-15(8-9-20-2)21(18,19)16-7-3-4-11(10-16)12(17)14-6-5-13/h11H,3-10,13H2,1-2H3,(H,14,17). The van der Waals surface area contributed by atoms with E-state index in [-0.39, 0.29) is 18.4 Å². The number of piperidine rings is 1. The quantitative estimate of drug-likeness (QED) is 0.572. The molecule has 3 N–H and O–H groups in total. The molecule has 0 aromatic heterocycles. The van der Waals surface area contributed by atoms with E-state index in [4.69, 9.17) is 10.5 Å². The number of hydrogen-bond acceptors (Lipinski definition) is 5. The largest absolute Gasteiger partial charge is 0.383 e. The second-order valence-electron chi connectivity index (χ2n) is 5.10. The third-order valence-electron chi connectivity index (χ3n) is 3.53. The highest BCUT2D eigenvalue weighted by Crippen LogP contribution is 2.20. The van der Waals surface area contributed by atoms with Crippen molar-refractivity contribution in [3.05, 3.63) is 0 Å². The smallest absolute Gasteiger partial charge is 0.281 e. The maximum Gasteiger partial charge on any atom is 0.281 e. The zero-order valence-electron chi connectivity index (χ0n) is 12.7. The van der Waals surface area contributed by atoms with Crippen LogP contribution in [-0.2, 0) is 19.7 Å². The van der Waals surface area contributed by atoms with E-state index in [1.165, 1.54) is 22.8 Å². The van der Waals surface area contributed by atoms with Gasteiger partial charge in [-0.1, -0.05) is 0 Å². The van der Waals surface area contributed by atoms with Gasteiger partial charge in [0.05, 0.1) is 12.5 Å². The Bertz CT molecular complexity index is 429. The first kappa shape index (κ1) is 18.3. The molecule has 1 heterocycles. The van der Waals surface area contributed by atoms with E-state index in [0.717, 1.165) is 0 Å². The molecule has 1 amide bonds. The molecular weight excluding hydrogens is 296 g/mol. The lowest BCUT2D eigenvalue weighted by molar-refractivity contribution is -0.126. The van der Waals surface area contributed by atoms with Crippen molar-refractivity contribution in [1.29, 1.82) is 0 Å². The van der Waals surface area contributed by atoms with E-state index in [2.05, 4.69) is 5.32 Å². The van der Waals surface area contributed by atoms with Crippen LogP contribution in [0, 0.1) is 5.92 Å². The average Bonchev–Trinajstić information content (AvgIpc) is 2.50. The molecule has 0 radical (unpaired) electrons. The van der Waals surface area contributed by atoms with Gasteiger partial charge in [0.1, 0.15) is 0 Å². The Morgan fingerprint density at radius 2 is 2.24 bits per heavy atom. The summed E-state index contributed by atoms with van der Waals surface area (Å²) in [6.45, 7) is 2.08. The first-order valence-electron chi connectivity index (χ1n) is 7.11. The van der Waals surface area contributed by atoms with E-state index >= 15 is 0 Å².